The molecule has 1 aliphatic rings. The molecule has 33 heavy (non-hydrogen) atoms. The zero-order valence-electron chi connectivity index (χ0n) is 19.2. The summed E-state index contributed by atoms with van der Waals surface area (Å²) >= 11 is 3.08. The van der Waals surface area contributed by atoms with Gasteiger partial charge in [-0.15, -0.1) is 0 Å². The minimum absolute atomic E-state index is 0.0532. The van der Waals surface area contributed by atoms with Gasteiger partial charge in [0.15, 0.2) is 0 Å². The minimum atomic E-state index is -0.996. The van der Waals surface area contributed by atoms with E-state index in [9.17, 15) is 24.3 Å². The van der Waals surface area contributed by atoms with Gasteiger partial charge in [0.1, 0.15) is 30.1 Å². The maximum atomic E-state index is 12.8. The number of aromatic amines is 1. The van der Waals surface area contributed by atoms with Crippen molar-refractivity contribution in [3.05, 3.63) is 37.6 Å². The van der Waals surface area contributed by atoms with E-state index in [0.29, 0.717) is 0 Å². The molecule has 0 radical (unpaired) electrons. The number of carbonyl (C=O) groups excluding carboxylic acids is 2. The van der Waals surface area contributed by atoms with Gasteiger partial charge in [0.05, 0.1) is 12.2 Å². The normalized spacial score (nSPS) is 21.9. The fraction of sp³-hybridized carbons (Fsp3) is 0.619. The van der Waals surface area contributed by atoms with Crippen molar-refractivity contribution in [3.63, 3.8) is 0 Å². The number of amides is 1. The average Bonchev–Trinajstić information content (AvgIpc) is 3.09. The Hall–Kier alpha value is -2.44. The van der Waals surface area contributed by atoms with E-state index in [4.69, 9.17) is 14.2 Å². The standard InChI is InChI=1S/C21H30BrN3O8/c1-11(2)16(23-20(30)33-21(3,4)5)18(28)32-13-8-15(31-14(13)10-26)25-9-12(6-7-22)17(27)24-19(25)29/h6-7,9,11,13-16,26H,8,10H2,1-5H3,(H,23,30)(H,24,27,29)/b7-6+/t13-,14+,15+,16-/m0/s1. The second kappa shape index (κ2) is 11.1. The van der Waals surface area contributed by atoms with E-state index in [1.807, 2.05) is 0 Å². The number of rotatable bonds is 7. The first-order valence-corrected chi connectivity index (χ1v) is 11.4. The van der Waals surface area contributed by atoms with Crippen molar-refractivity contribution in [1.29, 1.82) is 0 Å². The molecule has 0 unspecified atom stereocenters. The first-order valence-electron chi connectivity index (χ1n) is 10.4. The number of aromatic nitrogens is 2. The zero-order valence-corrected chi connectivity index (χ0v) is 20.7. The number of aliphatic hydroxyl groups is 1. The predicted octanol–water partition coefficient (Wildman–Crippen LogP) is 1.64. The molecule has 1 aliphatic heterocycles. The molecular formula is C21H30BrN3O8. The Morgan fingerprint density at radius 3 is 2.61 bits per heavy atom. The van der Waals surface area contributed by atoms with Gasteiger partial charge in [0, 0.05) is 12.6 Å². The summed E-state index contributed by atoms with van der Waals surface area (Å²) in [6.07, 6.45) is -0.598. The van der Waals surface area contributed by atoms with E-state index in [2.05, 4.69) is 26.2 Å². The number of hydrogen-bond acceptors (Lipinski definition) is 8. The number of carbonyl (C=O) groups is 2. The number of ether oxygens (including phenoxy) is 3. The van der Waals surface area contributed by atoms with Crippen molar-refractivity contribution in [2.75, 3.05) is 6.61 Å². The van der Waals surface area contributed by atoms with Crippen molar-refractivity contribution in [3.8, 4) is 0 Å². The van der Waals surface area contributed by atoms with Gasteiger partial charge in [-0.25, -0.2) is 14.4 Å². The Kier molecular flexibility index (Phi) is 9.04. The highest BCUT2D eigenvalue weighted by molar-refractivity contribution is 9.11. The second-order valence-corrected chi connectivity index (χ2v) is 9.46. The van der Waals surface area contributed by atoms with Crippen LogP contribution in [0.5, 0.6) is 0 Å². The van der Waals surface area contributed by atoms with Crippen LogP contribution in [-0.4, -0.2) is 57.2 Å². The second-order valence-electron chi connectivity index (χ2n) is 8.93. The zero-order chi connectivity index (χ0) is 24.9. The van der Waals surface area contributed by atoms with Crippen LogP contribution in [0.4, 0.5) is 4.79 Å². The molecule has 0 aliphatic carbocycles. The molecule has 12 heteroatoms. The smallest absolute Gasteiger partial charge is 0.408 e. The topological polar surface area (TPSA) is 149 Å². The number of halogens is 1. The van der Waals surface area contributed by atoms with Crippen LogP contribution in [0.1, 0.15) is 52.8 Å². The molecule has 2 rings (SSSR count). The molecule has 1 fully saturated rings. The molecule has 0 spiro atoms. The van der Waals surface area contributed by atoms with Crippen LogP contribution < -0.4 is 16.6 Å². The summed E-state index contributed by atoms with van der Waals surface area (Å²) in [4.78, 5) is 52.8. The van der Waals surface area contributed by atoms with E-state index >= 15 is 0 Å². The summed E-state index contributed by atoms with van der Waals surface area (Å²) in [5.41, 5.74) is -1.80. The molecule has 11 nitrogen and oxygen atoms in total. The summed E-state index contributed by atoms with van der Waals surface area (Å²) in [6, 6.07) is -0.996. The minimum Gasteiger partial charge on any atom is -0.458 e. The Morgan fingerprint density at radius 1 is 1.39 bits per heavy atom. The SMILES string of the molecule is CC(C)[C@H](NC(=O)OC(C)(C)C)C(=O)O[C@H]1C[C@H](n2cc(/C=C/Br)c(=O)[nH]c2=O)O[C@@H]1CO. The van der Waals surface area contributed by atoms with E-state index in [-0.39, 0.29) is 17.9 Å². The molecule has 1 amide bonds. The largest absolute Gasteiger partial charge is 0.458 e. The molecule has 0 bridgehead atoms. The number of hydrogen-bond donors (Lipinski definition) is 3. The fourth-order valence-corrected chi connectivity index (χ4v) is 3.50. The Morgan fingerprint density at radius 2 is 2.06 bits per heavy atom. The number of nitrogens with zero attached hydrogens (tertiary/aromatic N) is 1. The molecule has 0 saturated carbocycles. The molecular weight excluding hydrogens is 502 g/mol. The van der Waals surface area contributed by atoms with Gasteiger partial charge < -0.3 is 24.6 Å². The van der Waals surface area contributed by atoms with Crippen LogP contribution in [0.15, 0.2) is 20.8 Å². The Labute approximate surface area is 199 Å². The van der Waals surface area contributed by atoms with Crippen molar-refractivity contribution in [1.82, 2.24) is 14.9 Å². The van der Waals surface area contributed by atoms with Gasteiger partial charge >= 0.3 is 17.8 Å². The van der Waals surface area contributed by atoms with Crippen molar-refractivity contribution < 1.29 is 28.9 Å². The maximum Gasteiger partial charge on any atom is 0.408 e. The van der Waals surface area contributed by atoms with Crippen LogP contribution in [0.2, 0.25) is 0 Å². The van der Waals surface area contributed by atoms with Crippen LogP contribution in [0, 0.1) is 5.92 Å². The molecule has 3 N–H and O–H groups in total. The van der Waals surface area contributed by atoms with Crippen molar-refractivity contribution in [2.45, 2.75) is 71.1 Å². The average molecular weight is 532 g/mol. The molecule has 184 valence electrons. The third kappa shape index (κ3) is 7.27. The lowest BCUT2D eigenvalue weighted by atomic mass is 10.0. The number of aliphatic hydroxyl groups excluding tert-OH is 1. The number of esters is 1. The third-order valence-corrected chi connectivity index (χ3v) is 5.03. The summed E-state index contributed by atoms with van der Waals surface area (Å²) < 4.78 is 17.7. The van der Waals surface area contributed by atoms with Crippen molar-refractivity contribution >= 4 is 34.1 Å². The predicted molar refractivity (Wildman–Crippen MR) is 123 cm³/mol. The van der Waals surface area contributed by atoms with Gasteiger partial charge in [0.2, 0.25) is 0 Å². The monoisotopic (exact) mass is 531 g/mol. The highest BCUT2D eigenvalue weighted by atomic mass is 79.9. The quantitative estimate of drug-likeness (QED) is 0.449. The maximum absolute atomic E-state index is 12.8. The Bertz CT molecular complexity index is 994. The van der Waals surface area contributed by atoms with Crippen LogP contribution in [0.3, 0.4) is 0 Å². The first-order chi connectivity index (χ1) is 15.4. The van der Waals surface area contributed by atoms with E-state index in [0.717, 1.165) is 0 Å². The fourth-order valence-electron chi connectivity index (χ4n) is 3.22. The lowest BCUT2D eigenvalue weighted by Crippen LogP contribution is -2.48. The van der Waals surface area contributed by atoms with Crippen LogP contribution in [0.25, 0.3) is 6.08 Å². The Balaban J connectivity index is 2.18. The summed E-state index contributed by atoms with van der Waals surface area (Å²) in [6.45, 7) is 8.12. The third-order valence-electron chi connectivity index (χ3n) is 4.77. The highest BCUT2D eigenvalue weighted by Crippen LogP contribution is 2.30. The van der Waals surface area contributed by atoms with Crippen molar-refractivity contribution in [2.24, 2.45) is 5.92 Å². The van der Waals surface area contributed by atoms with Gasteiger partial charge in [-0.05, 0) is 37.8 Å². The number of alkyl carbamates (subject to hydrolysis) is 1. The van der Waals surface area contributed by atoms with Gasteiger partial charge in [0.25, 0.3) is 5.56 Å². The lowest BCUT2D eigenvalue weighted by Gasteiger charge is -2.26. The van der Waals surface area contributed by atoms with Gasteiger partial charge in [-0.3, -0.25) is 14.3 Å². The highest BCUT2D eigenvalue weighted by Gasteiger charge is 2.41. The lowest BCUT2D eigenvalue weighted by molar-refractivity contribution is -0.156. The molecule has 1 aromatic heterocycles. The molecule has 1 aromatic rings. The van der Waals surface area contributed by atoms with E-state index in [1.54, 1.807) is 34.6 Å². The summed E-state index contributed by atoms with van der Waals surface area (Å²) in [5.74, 6) is -1.03. The van der Waals surface area contributed by atoms with Gasteiger partial charge in [-0.1, -0.05) is 29.8 Å². The summed E-state index contributed by atoms with van der Waals surface area (Å²) in [5, 5.41) is 12.2. The van der Waals surface area contributed by atoms with Gasteiger partial charge in [-0.2, -0.15) is 0 Å². The molecule has 1 saturated heterocycles. The van der Waals surface area contributed by atoms with E-state index in [1.165, 1.54) is 21.8 Å². The molecule has 0 aromatic carbocycles. The van der Waals surface area contributed by atoms with E-state index < -0.39 is 60.0 Å². The van der Waals surface area contributed by atoms with Crippen LogP contribution in [-0.2, 0) is 19.0 Å². The molecule has 2 heterocycles. The first kappa shape index (κ1) is 26.8. The number of nitrogens with one attached hydrogen (secondary N) is 2. The molecule has 4 atom stereocenters. The van der Waals surface area contributed by atoms with Crippen LogP contribution >= 0.6 is 15.9 Å². The number of H-pyrrole nitrogens is 1. The summed E-state index contributed by atoms with van der Waals surface area (Å²) in [7, 11) is 0.